The van der Waals surface area contributed by atoms with Crippen molar-refractivity contribution >= 4 is 56.8 Å². The number of carbonyl (C=O) groups is 2. The van der Waals surface area contributed by atoms with Gasteiger partial charge in [0.25, 0.3) is 11.8 Å². The number of rotatable bonds is 7. The Morgan fingerprint density at radius 2 is 1.87 bits per heavy atom. The molecule has 0 bridgehead atoms. The fourth-order valence-corrected chi connectivity index (χ4v) is 3.77. The second-order valence-electron chi connectivity index (χ2n) is 6.40. The summed E-state index contributed by atoms with van der Waals surface area (Å²) in [5.41, 5.74) is 1.18. The number of nitrogens with one attached hydrogen (secondary N) is 1. The second-order valence-corrected chi connectivity index (χ2v) is 7.65. The standard InChI is InChI=1S/C22H21BrN2O4S/c1-3-10-29-19-17(23)12-14(13-18(19)28-4-2)11-16-20(26)24-22(30)25(21(16)27)15-8-6-5-7-9-15/h5-9,11-13H,3-4,10H2,1-2H3,(H,24,26,30)/b16-11-. The van der Waals surface area contributed by atoms with Crippen LogP contribution in [0.2, 0.25) is 0 Å². The molecule has 0 unspecified atom stereocenters. The number of anilines is 1. The lowest BCUT2D eigenvalue weighted by Crippen LogP contribution is -2.54. The quantitative estimate of drug-likeness (QED) is 0.353. The molecule has 0 radical (unpaired) electrons. The minimum absolute atomic E-state index is 0.0240. The van der Waals surface area contributed by atoms with Crippen molar-refractivity contribution in [2.75, 3.05) is 18.1 Å². The Bertz CT molecular complexity index is 1010. The molecule has 1 aliphatic rings. The van der Waals surface area contributed by atoms with E-state index in [4.69, 9.17) is 21.7 Å². The Morgan fingerprint density at radius 1 is 1.13 bits per heavy atom. The summed E-state index contributed by atoms with van der Waals surface area (Å²) < 4.78 is 12.2. The molecule has 3 rings (SSSR count). The van der Waals surface area contributed by atoms with Crippen LogP contribution in [0.1, 0.15) is 25.8 Å². The van der Waals surface area contributed by atoms with E-state index in [0.717, 1.165) is 6.42 Å². The van der Waals surface area contributed by atoms with Gasteiger partial charge in [0.15, 0.2) is 16.6 Å². The molecule has 0 atom stereocenters. The third kappa shape index (κ3) is 4.71. The molecule has 1 aliphatic heterocycles. The molecule has 1 heterocycles. The highest BCUT2D eigenvalue weighted by Gasteiger charge is 2.34. The van der Waals surface area contributed by atoms with Crippen LogP contribution in [-0.4, -0.2) is 30.1 Å². The van der Waals surface area contributed by atoms with Gasteiger partial charge in [-0.05, 0) is 77.4 Å². The highest BCUT2D eigenvalue weighted by Crippen LogP contribution is 2.38. The predicted octanol–water partition coefficient (Wildman–Crippen LogP) is 4.47. The van der Waals surface area contributed by atoms with E-state index in [-0.39, 0.29) is 10.7 Å². The maximum Gasteiger partial charge on any atom is 0.270 e. The van der Waals surface area contributed by atoms with Gasteiger partial charge in [-0.1, -0.05) is 25.1 Å². The van der Waals surface area contributed by atoms with Gasteiger partial charge >= 0.3 is 0 Å². The largest absolute Gasteiger partial charge is 0.490 e. The molecule has 8 heteroatoms. The van der Waals surface area contributed by atoms with Crippen molar-refractivity contribution in [3.63, 3.8) is 0 Å². The lowest BCUT2D eigenvalue weighted by molar-refractivity contribution is -0.122. The number of hydrogen-bond donors (Lipinski definition) is 1. The topological polar surface area (TPSA) is 67.9 Å². The van der Waals surface area contributed by atoms with Crippen molar-refractivity contribution in [3.05, 3.63) is 58.1 Å². The smallest absolute Gasteiger partial charge is 0.270 e. The van der Waals surface area contributed by atoms with Gasteiger partial charge in [-0.3, -0.25) is 19.8 Å². The summed E-state index contributed by atoms with van der Waals surface area (Å²) in [5, 5.41) is 2.63. The van der Waals surface area contributed by atoms with Crippen LogP contribution in [0.15, 0.2) is 52.5 Å². The van der Waals surface area contributed by atoms with Crippen molar-refractivity contribution < 1.29 is 19.1 Å². The summed E-state index contributed by atoms with van der Waals surface area (Å²) in [6.45, 7) is 4.89. The van der Waals surface area contributed by atoms with Crippen LogP contribution in [0.3, 0.4) is 0 Å². The van der Waals surface area contributed by atoms with Crippen LogP contribution < -0.4 is 19.7 Å². The molecule has 2 aromatic carbocycles. The van der Waals surface area contributed by atoms with E-state index in [9.17, 15) is 9.59 Å². The van der Waals surface area contributed by atoms with Crippen molar-refractivity contribution in [1.82, 2.24) is 5.32 Å². The Morgan fingerprint density at radius 3 is 2.53 bits per heavy atom. The molecule has 2 aromatic rings. The predicted molar refractivity (Wildman–Crippen MR) is 124 cm³/mol. The maximum absolute atomic E-state index is 13.1. The van der Waals surface area contributed by atoms with Crippen molar-refractivity contribution in [3.8, 4) is 11.5 Å². The van der Waals surface area contributed by atoms with Crippen LogP contribution in [0, 0.1) is 0 Å². The summed E-state index contributed by atoms with van der Waals surface area (Å²) in [6.07, 6.45) is 2.37. The SMILES string of the molecule is CCCOc1c(Br)cc(/C=C2/C(=O)NC(=S)N(c3ccccc3)C2=O)cc1OCC. The van der Waals surface area contributed by atoms with Gasteiger partial charge in [0, 0.05) is 0 Å². The molecule has 0 aromatic heterocycles. The first-order valence-corrected chi connectivity index (χ1v) is 10.7. The van der Waals surface area contributed by atoms with Crippen LogP contribution in [-0.2, 0) is 9.59 Å². The molecule has 156 valence electrons. The first-order chi connectivity index (χ1) is 14.5. The molecule has 1 saturated heterocycles. The van der Waals surface area contributed by atoms with E-state index in [1.165, 1.54) is 11.0 Å². The number of carbonyl (C=O) groups excluding carboxylic acids is 2. The van der Waals surface area contributed by atoms with E-state index in [1.807, 2.05) is 19.9 Å². The first kappa shape index (κ1) is 22.0. The molecule has 1 N–H and O–H groups in total. The van der Waals surface area contributed by atoms with E-state index >= 15 is 0 Å². The molecule has 0 aliphatic carbocycles. The van der Waals surface area contributed by atoms with E-state index in [1.54, 1.807) is 36.4 Å². The normalized spacial score (nSPS) is 15.4. The van der Waals surface area contributed by atoms with Gasteiger partial charge < -0.3 is 9.47 Å². The summed E-state index contributed by atoms with van der Waals surface area (Å²) in [5.74, 6) is 0.0894. The first-order valence-electron chi connectivity index (χ1n) is 9.51. The molecular formula is C22H21BrN2O4S. The lowest BCUT2D eigenvalue weighted by atomic mass is 10.1. The molecule has 2 amide bonds. The number of nitrogens with zero attached hydrogens (tertiary/aromatic N) is 1. The molecular weight excluding hydrogens is 468 g/mol. The highest BCUT2D eigenvalue weighted by atomic mass is 79.9. The van der Waals surface area contributed by atoms with E-state index < -0.39 is 11.8 Å². The van der Waals surface area contributed by atoms with Gasteiger partial charge in [-0.25, -0.2) is 0 Å². The summed E-state index contributed by atoms with van der Waals surface area (Å²) in [7, 11) is 0. The minimum atomic E-state index is -0.544. The maximum atomic E-state index is 13.1. The van der Waals surface area contributed by atoms with Gasteiger partial charge in [-0.2, -0.15) is 0 Å². The number of hydrogen-bond acceptors (Lipinski definition) is 5. The number of amides is 2. The van der Waals surface area contributed by atoms with Crippen molar-refractivity contribution in [2.24, 2.45) is 0 Å². The molecule has 0 spiro atoms. The fourth-order valence-electron chi connectivity index (χ4n) is 2.91. The molecule has 0 saturated carbocycles. The Hall–Kier alpha value is -2.71. The minimum Gasteiger partial charge on any atom is -0.490 e. The lowest BCUT2D eigenvalue weighted by Gasteiger charge is -2.28. The average molecular weight is 489 g/mol. The number of benzene rings is 2. The third-order valence-corrected chi connectivity index (χ3v) is 5.08. The summed E-state index contributed by atoms with van der Waals surface area (Å²) in [4.78, 5) is 26.9. The van der Waals surface area contributed by atoms with Crippen LogP contribution in [0.25, 0.3) is 6.08 Å². The number of ether oxygens (including phenoxy) is 2. The third-order valence-electron chi connectivity index (χ3n) is 4.21. The van der Waals surface area contributed by atoms with Crippen molar-refractivity contribution in [2.45, 2.75) is 20.3 Å². The van der Waals surface area contributed by atoms with Gasteiger partial charge in [0.05, 0.1) is 23.4 Å². The zero-order chi connectivity index (χ0) is 21.7. The number of halogens is 1. The van der Waals surface area contributed by atoms with E-state index in [0.29, 0.717) is 40.4 Å². The highest BCUT2D eigenvalue weighted by molar-refractivity contribution is 9.10. The number of thiocarbonyl (C=S) groups is 1. The Balaban J connectivity index is 2.01. The molecule has 30 heavy (non-hydrogen) atoms. The van der Waals surface area contributed by atoms with Gasteiger partial charge in [-0.15, -0.1) is 0 Å². The zero-order valence-electron chi connectivity index (χ0n) is 16.6. The fraction of sp³-hybridized carbons (Fsp3) is 0.227. The summed E-state index contributed by atoms with van der Waals surface area (Å²) in [6, 6.07) is 12.5. The monoisotopic (exact) mass is 488 g/mol. The van der Waals surface area contributed by atoms with Crippen LogP contribution >= 0.6 is 28.1 Å². The van der Waals surface area contributed by atoms with Gasteiger partial charge in [0.2, 0.25) is 0 Å². The Labute approximate surface area is 189 Å². The number of para-hydroxylation sites is 1. The second kappa shape index (κ2) is 9.86. The van der Waals surface area contributed by atoms with Crippen LogP contribution in [0.5, 0.6) is 11.5 Å². The molecule has 6 nitrogen and oxygen atoms in total. The van der Waals surface area contributed by atoms with Crippen LogP contribution in [0.4, 0.5) is 5.69 Å². The zero-order valence-corrected chi connectivity index (χ0v) is 19.0. The Kier molecular flexibility index (Phi) is 7.23. The van der Waals surface area contributed by atoms with Gasteiger partial charge in [0.1, 0.15) is 5.57 Å². The van der Waals surface area contributed by atoms with E-state index in [2.05, 4.69) is 21.2 Å². The average Bonchev–Trinajstić information content (AvgIpc) is 2.71. The van der Waals surface area contributed by atoms with Crippen molar-refractivity contribution in [1.29, 1.82) is 0 Å². The molecule has 1 fully saturated rings. The summed E-state index contributed by atoms with van der Waals surface area (Å²) >= 11 is 8.72.